The van der Waals surface area contributed by atoms with E-state index in [2.05, 4.69) is 18.4 Å². The minimum Gasteiger partial charge on any atom is -0.468 e. The fourth-order valence-corrected chi connectivity index (χ4v) is 3.52. The molecule has 29 heavy (non-hydrogen) atoms. The number of halogens is 2. The van der Waals surface area contributed by atoms with Gasteiger partial charge in [-0.05, 0) is 47.0 Å². The Balaban J connectivity index is 2.35. The molecule has 2 aromatic carbocycles. The number of carbonyl (C=O) groups is 2. The van der Waals surface area contributed by atoms with Crippen LogP contribution in [0.3, 0.4) is 0 Å². The van der Waals surface area contributed by atoms with E-state index in [1.165, 1.54) is 36.4 Å². The Kier molecular flexibility index (Phi) is 5.51. The Labute approximate surface area is 167 Å². The summed E-state index contributed by atoms with van der Waals surface area (Å²) in [6.45, 7) is 3.92. The molecule has 0 bridgehead atoms. The third-order valence-corrected chi connectivity index (χ3v) is 4.94. The van der Waals surface area contributed by atoms with Crippen LogP contribution in [0.2, 0.25) is 0 Å². The van der Waals surface area contributed by atoms with Gasteiger partial charge in [-0.1, -0.05) is 24.5 Å². The van der Waals surface area contributed by atoms with Crippen LogP contribution < -0.4 is 0 Å². The topological polar surface area (TPSA) is 52.6 Å². The lowest BCUT2D eigenvalue weighted by Gasteiger charge is -2.30. The van der Waals surface area contributed by atoms with Gasteiger partial charge in [-0.2, -0.15) is 0 Å². The molecule has 0 N–H and O–H groups in total. The molecule has 3 rings (SSSR count). The van der Waals surface area contributed by atoms with Crippen molar-refractivity contribution in [3.8, 4) is 11.8 Å². The van der Waals surface area contributed by atoms with E-state index in [4.69, 9.17) is 9.47 Å². The molecule has 0 heterocycles. The predicted octanol–water partition coefficient (Wildman–Crippen LogP) is 3.46. The summed E-state index contributed by atoms with van der Waals surface area (Å²) < 4.78 is 37.8. The maximum Gasteiger partial charge on any atom is 0.323 e. The van der Waals surface area contributed by atoms with Crippen molar-refractivity contribution >= 4 is 17.5 Å². The van der Waals surface area contributed by atoms with Crippen molar-refractivity contribution in [2.24, 2.45) is 5.41 Å². The summed E-state index contributed by atoms with van der Waals surface area (Å²) in [6, 6.07) is 7.88. The van der Waals surface area contributed by atoms with Crippen LogP contribution in [-0.2, 0) is 31.9 Å². The molecule has 0 radical (unpaired) electrons. The number of rotatable bonds is 2. The molecule has 0 amide bonds. The van der Waals surface area contributed by atoms with Crippen molar-refractivity contribution in [1.29, 1.82) is 0 Å². The van der Waals surface area contributed by atoms with Crippen LogP contribution >= 0.6 is 0 Å². The molecule has 0 aromatic heterocycles. The Bertz CT molecular complexity index is 1060. The molecule has 0 saturated heterocycles. The molecule has 1 aliphatic carbocycles. The van der Waals surface area contributed by atoms with Gasteiger partial charge in [0.2, 0.25) is 0 Å². The van der Waals surface area contributed by atoms with Gasteiger partial charge in [0.25, 0.3) is 0 Å². The summed E-state index contributed by atoms with van der Waals surface area (Å²) in [7, 11) is 2.28. The molecule has 0 fully saturated rings. The number of hydrogen-bond donors (Lipinski definition) is 0. The smallest absolute Gasteiger partial charge is 0.323 e. The molecular formula is C23H18F2O4. The van der Waals surface area contributed by atoms with E-state index < -0.39 is 29.0 Å². The average Bonchev–Trinajstić information content (AvgIpc) is 2.70. The van der Waals surface area contributed by atoms with Gasteiger partial charge in [0.1, 0.15) is 11.6 Å². The van der Waals surface area contributed by atoms with E-state index in [9.17, 15) is 18.4 Å². The van der Waals surface area contributed by atoms with Gasteiger partial charge in [0.15, 0.2) is 5.41 Å². The van der Waals surface area contributed by atoms with Crippen molar-refractivity contribution in [2.45, 2.75) is 12.8 Å². The highest BCUT2D eigenvalue weighted by Crippen LogP contribution is 2.36. The van der Waals surface area contributed by atoms with Crippen LogP contribution in [0.4, 0.5) is 8.78 Å². The standard InChI is InChI=1S/C23H18F2O4/c1-14-4-5-15-6-7-18(24)10-16(15)12-23(21(26)28-2,22(27)29-3)13-17-11-19(25)8-9-20(14)17/h6-11H,1,12-13H2,2-3H3. The van der Waals surface area contributed by atoms with E-state index in [-0.39, 0.29) is 12.8 Å². The summed E-state index contributed by atoms with van der Waals surface area (Å²) in [5, 5.41) is 0. The third-order valence-electron chi connectivity index (χ3n) is 4.94. The van der Waals surface area contributed by atoms with Crippen LogP contribution in [0.1, 0.15) is 22.3 Å². The minimum atomic E-state index is -1.85. The third kappa shape index (κ3) is 3.77. The second kappa shape index (κ2) is 7.88. The van der Waals surface area contributed by atoms with Crippen molar-refractivity contribution in [1.82, 2.24) is 0 Å². The highest BCUT2D eigenvalue weighted by molar-refractivity contribution is 6.01. The Morgan fingerprint density at radius 2 is 1.48 bits per heavy atom. The molecule has 0 spiro atoms. The first-order chi connectivity index (χ1) is 13.8. The van der Waals surface area contributed by atoms with Crippen LogP contribution in [-0.4, -0.2) is 26.2 Å². The molecule has 0 saturated carbocycles. The molecule has 0 aliphatic heterocycles. The predicted molar refractivity (Wildman–Crippen MR) is 103 cm³/mol. The summed E-state index contributed by atoms with van der Waals surface area (Å²) in [4.78, 5) is 25.7. The second-order valence-corrected chi connectivity index (χ2v) is 6.75. The van der Waals surface area contributed by atoms with Crippen molar-refractivity contribution in [3.63, 3.8) is 0 Å². The number of hydrogen-bond acceptors (Lipinski definition) is 4. The van der Waals surface area contributed by atoms with Gasteiger partial charge >= 0.3 is 11.9 Å². The lowest BCUT2D eigenvalue weighted by Crippen LogP contribution is -2.45. The summed E-state index contributed by atoms with van der Waals surface area (Å²) in [5.74, 6) is 2.98. The fraction of sp³-hybridized carbons (Fsp3) is 0.217. The molecule has 0 unspecified atom stereocenters. The maximum absolute atomic E-state index is 14.0. The van der Waals surface area contributed by atoms with E-state index in [0.29, 0.717) is 27.8 Å². The second-order valence-electron chi connectivity index (χ2n) is 6.75. The largest absolute Gasteiger partial charge is 0.468 e. The van der Waals surface area contributed by atoms with Gasteiger partial charge in [0, 0.05) is 24.0 Å². The van der Waals surface area contributed by atoms with Crippen LogP contribution in [0.25, 0.3) is 5.57 Å². The number of methoxy groups -OCH3 is 2. The monoisotopic (exact) mass is 396 g/mol. The van der Waals surface area contributed by atoms with Crippen LogP contribution in [0.15, 0.2) is 43.0 Å². The lowest BCUT2D eigenvalue weighted by molar-refractivity contribution is -0.169. The maximum atomic E-state index is 14.0. The number of fused-ring (bicyclic) bond motifs is 2. The number of benzene rings is 2. The minimum absolute atomic E-state index is 0.226. The van der Waals surface area contributed by atoms with E-state index >= 15 is 0 Å². The molecular weight excluding hydrogens is 378 g/mol. The molecule has 148 valence electrons. The Morgan fingerprint density at radius 3 is 2.10 bits per heavy atom. The zero-order valence-corrected chi connectivity index (χ0v) is 16.0. The van der Waals surface area contributed by atoms with Crippen molar-refractivity contribution in [2.75, 3.05) is 14.2 Å². The van der Waals surface area contributed by atoms with E-state index in [1.807, 2.05) is 0 Å². The molecule has 4 nitrogen and oxygen atoms in total. The highest BCUT2D eigenvalue weighted by atomic mass is 19.1. The first-order valence-corrected chi connectivity index (χ1v) is 8.75. The zero-order valence-electron chi connectivity index (χ0n) is 16.0. The summed E-state index contributed by atoms with van der Waals surface area (Å²) in [6.07, 6.45) is -0.452. The molecule has 1 aliphatic rings. The van der Waals surface area contributed by atoms with Gasteiger partial charge in [-0.15, -0.1) is 0 Å². The summed E-state index contributed by atoms with van der Waals surface area (Å²) >= 11 is 0. The van der Waals surface area contributed by atoms with Gasteiger partial charge in [-0.25, -0.2) is 8.78 Å². The van der Waals surface area contributed by atoms with Crippen molar-refractivity contribution in [3.05, 3.63) is 76.9 Å². The Hall–Kier alpha value is -3.46. The van der Waals surface area contributed by atoms with Crippen LogP contribution in [0.5, 0.6) is 0 Å². The number of esters is 2. The van der Waals surface area contributed by atoms with Crippen molar-refractivity contribution < 1.29 is 27.8 Å². The molecule has 2 aromatic rings. The SMILES string of the molecule is C=C1C#Cc2ccc(F)cc2CC(C(=O)OC)(C(=O)OC)Cc2cc(F)ccc21. The quantitative estimate of drug-likeness (QED) is 0.443. The lowest BCUT2D eigenvalue weighted by atomic mass is 9.74. The summed E-state index contributed by atoms with van der Waals surface area (Å²) in [5.41, 5.74) is 0.145. The average molecular weight is 396 g/mol. The first-order valence-electron chi connectivity index (χ1n) is 8.75. The number of allylic oxidation sites excluding steroid dienone is 1. The zero-order chi connectivity index (χ0) is 21.2. The van der Waals surface area contributed by atoms with Gasteiger partial charge < -0.3 is 9.47 Å². The number of ether oxygens (including phenoxy) is 2. The van der Waals surface area contributed by atoms with Gasteiger partial charge in [-0.3, -0.25) is 9.59 Å². The highest BCUT2D eigenvalue weighted by Gasteiger charge is 2.49. The van der Waals surface area contributed by atoms with Crippen LogP contribution in [0, 0.1) is 28.9 Å². The number of carbonyl (C=O) groups excluding carboxylic acids is 2. The van der Waals surface area contributed by atoms with Gasteiger partial charge in [0.05, 0.1) is 14.2 Å². The van der Waals surface area contributed by atoms with E-state index in [0.717, 1.165) is 14.2 Å². The molecule has 0 atom stereocenters. The molecule has 6 heteroatoms. The fourth-order valence-electron chi connectivity index (χ4n) is 3.52. The first kappa shape index (κ1) is 20.3. The Morgan fingerprint density at radius 1 is 0.931 bits per heavy atom. The van der Waals surface area contributed by atoms with E-state index in [1.54, 1.807) is 0 Å². The normalized spacial score (nSPS) is 14.6.